The van der Waals surface area contributed by atoms with Gasteiger partial charge in [0.15, 0.2) is 0 Å². The standard InChI is InChI=1S/C19H12Cl2N2O4/c20-12-5-8-15(21)16(11-12)22-19(24)10-7-13-6-9-18(27-13)14-3-1-2-4-17(14)23(25)26/h1-11H,(H,22,24). The van der Waals surface area contributed by atoms with Crippen LogP contribution >= 0.6 is 23.2 Å². The molecule has 0 spiro atoms. The van der Waals surface area contributed by atoms with E-state index in [0.717, 1.165) is 0 Å². The van der Waals surface area contributed by atoms with Crippen LogP contribution in [0.4, 0.5) is 11.4 Å². The summed E-state index contributed by atoms with van der Waals surface area (Å²) in [6.07, 6.45) is 2.71. The molecule has 0 fully saturated rings. The summed E-state index contributed by atoms with van der Waals surface area (Å²) >= 11 is 11.9. The zero-order valence-electron chi connectivity index (χ0n) is 13.7. The molecular formula is C19H12Cl2N2O4. The van der Waals surface area contributed by atoms with Gasteiger partial charge in [-0.1, -0.05) is 35.3 Å². The minimum atomic E-state index is -0.477. The van der Waals surface area contributed by atoms with Crippen molar-refractivity contribution >= 4 is 46.6 Å². The first-order valence-electron chi connectivity index (χ1n) is 7.72. The average Bonchev–Trinajstić information content (AvgIpc) is 3.12. The number of rotatable bonds is 5. The van der Waals surface area contributed by atoms with Gasteiger partial charge < -0.3 is 9.73 Å². The van der Waals surface area contributed by atoms with E-state index in [1.54, 1.807) is 42.5 Å². The summed E-state index contributed by atoms with van der Waals surface area (Å²) in [7, 11) is 0. The third-order valence-electron chi connectivity index (χ3n) is 3.58. The highest BCUT2D eigenvalue weighted by Gasteiger charge is 2.16. The van der Waals surface area contributed by atoms with E-state index >= 15 is 0 Å². The molecule has 3 rings (SSSR count). The number of hydrogen-bond donors (Lipinski definition) is 1. The SMILES string of the molecule is O=C(C=Cc1ccc(-c2ccccc2[N+](=O)[O-])o1)Nc1cc(Cl)ccc1Cl. The Labute approximate surface area is 164 Å². The molecule has 0 saturated heterocycles. The van der Waals surface area contributed by atoms with E-state index in [4.69, 9.17) is 27.6 Å². The van der Waals surface area contributed by atoms with Gasteiger partial charge in [0.1, 0.15) is 11.5 Å². The summed E-state index contributed by atoms with van der Waals surface area (Å²) in [5, 5.41) is 14.5. The zero-order valence-corrected chi connectivity index (χ0v) is 15.2. The number of carbonyl (C=O) groups is 1. The Kier molecular flexibility index (Phi) is 5.59. The van der Waals surface area contributed by atoms with Gasteiger partial charge in [0.25, 0.3) is 5.69 Å². The Hall–Kier alpha value is -3.09. The zero-order chi connectivity index (χ0) is 19.4. The molecule has 0 atom stereocenters. The van der Waals surface area contributed by atoms with Crippen molar-refractivity contribution in [3.05, 3.63) is 86.6 Å². The lowest BCUT2D eigenvalue weighted by atomic mass is 10.1. The van der Waals surface area contributed by atoms with Gasteiger partial charge in [-0.2, -0.15) is 0 Å². The molecule has 0 aliphatic heterocycles. The number of amides is 1. The van der Waals surface area contributed by atoms with Crippen molar-refractivity contribution in [2.24, 2.45) is 0 Å². The molecule has 2 aromatic carbocycles. The number of furan rings is 1. The number of para-hydroxylation sites is 1. The number of nitrogens with zero attached hydrogens (tertiary/aromatic N) is 1. The molecule has 0 radical (unpaired) electrons. The van der Waals surface area contributed by atoms with Gasteiger partial charge in [-0.25, -0.2) is 0 Å². The fourth-order valence-corrected chi connectivity index (χ4v) is 2.69. The Morgan fingerprint density at radius 1 is 1.11 bits per heavy atom. The highest BCUT2D eigenvalue weighted by molar-refractivity contribution is 6.35. The number of benzene rings is 2. The van der Waals surface area contributed by atoms with Crippen molar-refractivity contribution in [2.45, 2.75) is 0 Å². The maximum absolute atomic E-state index is 12.0. The second-order valence-corrected chi connectivity index (χ2v) is 6.27. The summed E-state index contributed by atoms with van der Waals surface area (Å²) in [5.41, 5.74) is 0.687. The topological polar surface area (TPSA) is 85.4 Å². The molecule has 1 amide bonds. The number of nitro benzene ring substituents is 1. The second-order valence-electron chi connectivity index (χ2n) is 5.42. The van der Waals surface area contributed by atoms with Crippen LogP contribution in [0.25, 0.3) is 17.4 Å². The molecule has 136 valence electrons. The van der Waals surface area contributed by atoms with Crippen LogP contribution in [0.15, 0.2) is 65.1 Å². The molecule has 0 saturated carbocycles. The van der Waals surface area contributed by atoms with Crippen LogP contribution in [0.3, 0.4) is 0 Å². The predicted molar refractivity (Wildman–Crippen MR) is 105 cm³/mol. The first-order chi connectivity index (χ1) is 12.9. The van der Waals surface area contributed by atoms with Crippen molar-refractivity contribution in [3.63, 3.8) is 0 Å². The Balaban J connectivity index is 1.75. The van der Waals surface area contributed by atoms with E-state index in [2.05, 4.69) is 5.32 Å². The van der Waals surface area contributed by atoms with E-state index in [0.29, 0.717) is 32.8 Å². The van der Waals surface area contributed by atoms with Crippen LogP contribution in [-0.4, -0.2) is 10.8 Å². The number of nitro groups is 1. The number of hydrogen-bond acceptors (Lipinski definition) is 4. The lowest BCUT2D eigenvalue weighted by molar-refractivity contribution is -0.384. The summed E-state index contributed by atoms with van der Waals surface area (Å²) in [4.78, 5) is 22.7. The average molecular weight is 403 g/mol. The van der Waals surface area contributed by atoms with Gasteiger partial charge in [-0.15, -0.1) is 0 Å². The quantitative estimate of drug-likeness (QED) is 0.331. The molecule has 0 aliphatic carbocycles. The molecule has 1 N–H and O–H groups in total. The monoisotopic (exact) mass is 402 g/mol. The summed E-state index contributed by atoms with van der Waals surface area (Å²) in [6, 6.07) is 14.2. The van der Waals surface area contributed by atoms with Gasteiger partial charge in [0.05, 0.1) is 21.2 Å². The largest absolute Gasteiger partial charge is 0.456 e. The van der Waals surface area contributed by atoms with Crippen molar-refractivity contribution in [2.75, 3.05) is 5.32 Å². The van der Waals surface area contributed by atoms with Crippen molar-refractivity contribution in [1.29, 1.82) is 0 Å². The van der Waals surface area contributed by atoms with Crippen LogP contribution in [0.2, 0.25) is 10.0 Å². The highest BCUT2D eigenvalue weighted by atomic mass is 35.5. The van der Waals surface area contributed by atoms with Crippen LogP contribution in [0.1, 0.15) is 5.76 Å². The van der Waals surface area contributed by atoms with E-state index in [1.807, 2.05) is 0 Å². The maximum atomic E-state index is 12.0. The number of anilines is 1. The van der Waals surface area contributed by atoms with Crippen molar-refractivity contribution in [3.8, 4) is 11.3 Å². The summed E-state index contributed by atoms with van der Waals surface area (Å²) in [6.45, 7) is 0. The summed E-state index contributed by atoms with van der Waals surface area (Å²) in [5.74, 6) is 0.276. The minimum absolute atomic E-state index is 0.0595. The Morgan fingerprint density at radius 3 is 2.67 bits per heavy atom. The van der Waals surface area contributed by atoms with Crippen LogP contribution in [-0.2, 0) is 4.79 Å². The third-order valence-corrected chi connectivity index (χ3v) is 4.14. The van der Waals surface area contributed by atoms with Crippen LogP contribution in [0.5, 0.6) is 0 Å². The van der Waals surface area contributed by atoms with Gasteiger partial charge in [-0.05, 0) is 42.5 Å². The molecule has 0 aliphatic rings. The molecule has 27 heavy (non-hydrogen) atoms. The molecule has 1 aromatic heterocycles. The Morgan fingerprint density at radius 2 is 1.89 bits per heavy atom. The number of carbonyl (C=O) groups excluding carboxylic acids is 1. The van der Waals surface area contributed by atoms with E-state index < -0.39 is 10.8 Å². The molecular weight excluding hydrogens is 391 g/mol. The van der Waals surface area contributed by atoms with Crippen molar-refractivity contribution in [1.82, 2.24) is 0 Å². The highest BCUT2D eigenvalue weighted by Crippen LogP contribution is 2.31. The third kappa shape index (κ3) is 4.55. The van der Waals surface area contributed by atoms with Crippen LogP contribution < -0.4 is 5.32 Å². The lowest BCUT2D eigenvalue weighted by Crippen LogP contribution is -2.08. The first-order valence-corrected chi connectivity index (χ1v) is 8.47. The molecule has 0 bridgehead atoms. The van der Waals surface area contributed by atoms with Gasteiger partial charge in [-0.3, -0.25) is 14.9 Å². The van der Waals surface area contributed by atoms with E-state index in [1.165, 1.54) is 24.3 Å². The van der Waals surface area contributed by atoms with E-state index in [9.17, 15) is 14.9 Å². The first kappa shape index (κ1) is 18.7. The number of halogens is 2. The Bertz CT molecular complexity index is 1040. The lowest BCUT2D eigenvalue weighted by Gasteiger charge is -2.04. The van der Waals surface area contributed by atoms with Gasteiger partial charge in [0.2, 0.25) is 5.91 Å². The molecule has 1 heterocycles. The van der Waals surface area contributed by atoms with Gasteiger partial charge in [0, 0.05) is 17.2 Å². The number of nitrogens with one attached hydrogen (secondary N) is 1. The summed E-state index contributed by atoms with van der Waals surface area (Å²) < 4.78 is 5.59. The second kappa shape index (κ2) is 8.07. The fraction of sp³-hybridized carbons (Fsp3) is 0. The van der Waals surface area contributed by atoms with Gasteiger partial charge >= 0.3 is 0 Å². The minimum Gasteiger partial charge on any atom is -0.456 e. The van der Waals surface area contributed by atoms with Crippen molar-refractivity contribution < 1.29 is 14.1 Å². The molecule has 3 aromatic rings. The normalized spacial score (nSPS) is 10.9. The molecule has 6 nitrogen and oxygen atoms in total. The van der Waals surface area contributed by atoms with E-state index in [-0.39, 0.29) is 5.69 Å². The fourth-order valence-electron chi connectivity index (χ4n) is 2.35. The maximum Gasteiger partial charge on any atom is 0.280 e. The molecule has 0 unspecified atom stereocenters. The smallest absolute Gasteiger partial charge is 0.280 e. The van der Waals surface area contributed by atoms with Crippen LogP contribution in [0, 0.1) is 10.1 Å². The molecule has 8 heteroatoms. The predicted octanol–water partition coefficient (Wildman–Crippen LogP) is 5.81.